The first-order valence-corrected chi connectivity index (χ1v) is 8.72. The standard InChI is InChI=1S/C13H10N2O5S2/c16-13-11-4-2-1-3-10(11)8-22(19,20)14(13)6-9-5-12(15(17)18)21-7-9/h1-5,7H,6,8H2. The van der Waals surface area contributed by atoms with Gasteiger partial charge in [0.1, 0.15) is 0 Å². The smallest absolute Gasteiger partial charge is 0.268 e. The summed E-state index contributed by atoms with van der Waals surface area (Å²) in [5.41, 5.74) is 1.25. The Kier molecular flexibility index (Phi) is 3.45. The van der Waals surface area contributed by atoms with Crippen LogP contribution in [-0.2, 0) is 22.3 Å². The molecule has 2 aromatic rings. The van der Waals surface area contributed by atoms with Gasteiger partial charge in [-0.25, -0.2) is 12.7 Å². The van der Waals surface area contributed by atoms with Crippen LogP contribution in [0.15, 0.2) is 35.7 Å². The average Bonchev–Trinajstić information content (AvgIpc) is 2.92. The van der Waals surface area contributed by atoms with Crippen LogP contribution in [0, 0.1) is 10.1 Å². The second-order valence-electron chi connectivity index (χ2n) is 4.78. The van der Waals surface area contributed by atoms with Crippen LogP contribution < -0.4 is 0 Å². The van der Waals surface area contributed by atoms with Crippen LogP contribution in [0.4, 0.5) is 5.00 Å². The minimum absolute atomic E-state index is 0.0859. The maximum atomic E-state index is 12.4. The Morgan fingerprint density at radius 1 is 1.32 bits per heavy atom. The van der Waals surface area contributed by atoms with Gasteiger partial charge in [0.15, 0.2) is 0 Å². The molecule has 0 unspecified atom stereocenters. The zero-order chi connectivity index (χ0) is 15.9. The number of hydrogen-bond donors (Lipinski definition) is 0. The lowest BCUT2D eigenvalue weighted by molar-refractivity contribution is -0.380. The number of amides is 1. The Bertz CT molecular complexity index is 872. The van der Waals surface area contributed by atoms with Gasteiger partial charge in [-0.3, -0.25) is 14.9 Å². The van der Waals surface area contributed by atoms with Crippen LogP contribution in [0.2, 0.25) is 0 Å². The van der Waals surface area contributed by atoms with Crippen molar-refractivity contribution < 1.29 is 18.1 Å². The highest BCUT2D eigenvalue weighted by molar-refractivity contribution is 7.89. The zero-order valence-electron chi connectivity index (χ0n) is 11.1. The maximum absolute atomic E-state index is 12.4. The lowest BCUT2D eigenvalue weighted by Gasteiger charge is -2.27. The highest BCUT2D eigenvalue weighted by atomic mass is 32.2. The van der Waals surface area contributed by atoms with Gasteiger partial charge in [0.25, 0.3) is 5.91 Å². The third-order valence-corrected chi connectivity index (χ3v) is 5.87. The number of rotatable bonds is 3. The van der Waals surface area contributed by atoms with E-state index in [0.717, 1.165) is 15.6 Å². The van der Waals surface area contributed by atoms with Gasteiger partial charge < -0.3 is 0 Å². The molecule has 1 aromatic carbocycles. The molecule has 3 rings (SSSR count). The molecule has 0 aliphatic carbocycles. The van der Waals surface area contributed by atoms with Crippen molar-refractivity contribution in [1.29, 1.82) is 0 Å². The van der Waals surface area contributed by atoms with E-state index in [1.54, 1.807) is 24.3 Å². The van der Waals surface area contributed by atoms with Gasteiger partial charge in [0, 0.05) is 17.0 Å². The van der Waals surface area contributed by atoms with E-state index in [4.69, 9.17) is 0 Å². The van der Waals surface area contributed by atoms with E-state index in [-0.39, 0.29) is 17.3 Å². The molecule has 7 nitrogen and oxygen atoms in total. The van der Waals surface area contributed by atoms with E-state index < -0.39 is 20.9 Å². The molecule has 1 aromatic heterocycles. The Hall–Kier alpha value is -2.26. The van der Waals surface area contributed by atoms with E-state index in [1.165, 1.54) is 11.4 Å². The largest absolute Gasteiger partial charge is 0.324 e. The Morgan fingerprint density at radius 3 is 2.73 bits per heavy atom. The molecule has 0 spiro atoms. The third kappa shape index (κ3) is 2.48. The van der Waals surface area contributed by atoms with Crippen molar-refractivity contribution in [2.45, 2.75) is 12.3 Å². The first-order chi connectivity index (χ1) is 10.4. The van der Waals surface area contributed by atoms with Crippen LogP contribution in [-0.4, -0.2) is 23.6 Å². The predicted octanol–water partition coefficient (Wildman–Crippen LogP) is 2.14. The highest BCUT2D eigenvalue weighted by Gasteiger charge is 2.35. The van der Waals surface area contributed by atoms with Crippen molar-refractivity contribution in [3.63, 3.8) is 0 Å². The minimum atomic E-state index is -3.78. The van der Waals surface area contributed by atoms with Crippen molar-refractivity contribution in [3.05, 3.63) is 62.5 Å². The van der Waals surface area contributed by atoms with Gasteiger partial charge in [0.2, 0.25) is 10.0 Å². The maximum Gasteiger partial charge on any atom is 0.324 e. The van der Waals surface area contributed by atoms with E-state index in [1.807, 2.05) is 0 Å². The normalized spacial score (nSPS) is 16.4. The Balaban J connectivity index is 1.96. The minimum Gasteiger partial charge on any atom is -0.268 e. The molecule has 1 aliphatic rings. The number of nitrogens with zero attached hydrogens (tertiary/aromatic N) is 2. The molecule has 0 saturated heterocycles. The molecule has 0 N–H and O–H groups in total. The van der Waals surface area contributed by atoms with Crippen LogP contribution in [0.25, 0.3) is 0 Å². The fourth-order valence-electron chi connectivity index (χ4n) is 2.27. The number of thiophene rings is 1. The fraction of sp³-hybridized carbons (Fsp3) is 0.154. The molecule has 114 valence electrons. The molecule has 2 heterocycles. The highest BCUT2D eigenvalue weighted by Crippen LogP contribution is 2.29. The van der Waals surface area contributed by atoms with E-state index in [9.17, 15) is 23.3 Å². The van der Waals surface area contributed by atoms with Crippen molar-refractivity contribution in [1.82, 2.24) is 4.31 Å². The Morgan fingerprint density at radius 2 is 2.05 bits per heavy atom. The second-order valence-corrected chi connectivity index (χ2v) is 7.56. The lowest BCUT2D eigenvalue weighted by atomic mass is 10.1. The van der Waals surface area contributed by atoms with Crippen LogP contribution in [0.5, 0.6) is 0 Å². The van der Waals surface area contributed by atoms with E-state index >= 15 is 0 Å². The Labute approximate surface area is 130 Å². The number of nitro groups is 1. The summed E-state index contributed by atoms with van der Waals surface area (Å²) in [6.45, 7) is -0.195. The number of carbonyl (C=O) groups is 1. The van der Waals surface area contributed by atoms with E-state index in [2.05, 4.69) is 0 Å². The van der Waals surface area contributed by atoms with Gasteiger partial charge in [0.05, 0.1) is 17.2 Å². The van der Waals surface area contributed by atoms with Gasteiger partial charge >= 0.3 is 5.00 Å². The summed E-state index contributed by atoms with van der Waals surface area (Å²) in [5.74, 6) is -0.850. The number of sulfonamides is 1. The summed E-state index contributed by atoms with van der Waals surface area (Å²) in [6.07, 6.45) is 0. The van der Waals surface area contributed by atoms with Crippen LogP contribution in [0.1, 0.15) is 21.5 Å². The first-order valence-electron chi connectivity index (χ1n) is 6.23. The van der Waals surface area contributed by atoms with Gasteiger partial charge in [-0.15, -0.1) is 0 Å². The molecule has 1 amide bonds. The zero-order valence-corrected chi connectivity index (χ0v) is 12.8. The molecular formula is C13H10N2O5S2. The molecule has 9 heteroatoms. The summed E-state index contributed by atoms with van der Waals surface area (Å²) in [6, 6.07) is 7.82. The SMILES string of the molecule is O=C1c2ccccc2CS(=O)(=O)N1Cc1csc([N+](=O)[O-])c1. The molecule has 0 fully saturated rings. The summed E-state index contributed by atoms with van der Waals surface area (Å²) >= 11 is 0.901. The topological polar surface area (TPSA) is 97.6 Å². The molecule has 0 radical (unpaired) electrons. The number of benzene rings is 1. The molecule has 0 atom stereocenters. The summed E-state index contributed by atoms with van der Waals surface area (Å²) in [7, 11) is -3.78. The number of hydrogen-bond acceptors (Lipinski definition) is 6. The number of carbonyl (C=O) groups excluding carboxylic acids is 1. The monoisotopic (exact) mass is 338 g/mol. The quantitative estimate of drug-likeness (QED) is 0.631. The molecule has 22 heavy (non-hydrogen) atoms. The second kappa shape index (κ2) is 5.18. The van der Waals surface area contributed by atoms with Crippen molar-refractivity contribution in [3.8, 4) is 0 Å². The molecule has 1 aliphatic heterocycles. The first kappa shape index (κ1) is 14.7. The summed E-state index contributed by atoms with van der Waals surface area (Å²) in [5, 5.41) is 12.1. The van der Waals surface area contributed by atoms with Gasteiger partial charge in [-0.1, -0.05) is 29.5 Å². The van der Waals surface area contributed by atoms with E-state index in [0.29, 0.717) is 16.7 Å². The predicted molar refractivity (Wildman–Crippen MR) is 79.9 cm³/mol. The summed E-state index contributed by atoms with van der Waals surface area (Å²) < 4.78 is 25.3. The van der Waals surface area contributed by atoms with Gasteiger partial charge in [-0.05, 0) is 17.2 Å². The molecule has 0 bridgehead atoms. The molecule has 0 saturated carbocycles. The van der Waals surface area contributed by atoms with Crippen molar-refractivity contribution in [2.24, 2.45) is 0 Å². The van der Waals surface area contributed by atoms with Gasteiger partial charge in [-0.2, -0.15) is 0 Å². The van der Waals surface area contributed by atoms with Crippen molar-refractivity contribution in [2.75, 3.05) is 0 Å². The lowest BCUT2D eigenvalue weighted by Crippen LogP contribution is -2.41. The van der Waals surface area contributed by atoms with Crippen LogP contribution in [0.3, 0.4) is 0 Å². The number of fused-ring (bicyclic) bond motifs is 1. The van der Waals surface area contributed by atoms with Crippen molar-refractivity contribution >= 4 is 32.3 Å². The van der Waals surface area contributed by atoms with Crippen LogP contribution >= 0.6 is 11.3 Å². The fourth-order valence-corrected chi connectivity index (χ4v) is 4.48. The molecular weight excluding hydrogens is 328 g/mol. The third-order valence-electron chi connectivity index (χ3n) is 3.29. The summed E-state index contributed by atoms with van der Waals surface area (Å²) in [4.78, 5) is 22.5. The average molecular weight is 338 g/mol.